The number of hydrogen-bond acceptors (Lipinski definition) is 5. The van der Waals surface area contributed by atoms with Gasteiger partial charge in [0.1, 0.15) is 11.3 Å². The molecule has 1 aliphatic heterocycles. The Bertz CT molecular complexity index is 635. The van der Waals surface area contributed by atoms with Crippen LogP contribution in [0, 0.1) is 0 Å². The van der Waals surface area contributed by atoms with Crippen LogP contribution in [0.5, 0.6) is 5.75 Å². The SMILES string of the molecule is O=C(NCCN1CCNCC1)c1c(O)c2c([nH]c1=O)CCCC2. The first-order valence-electron chi connectivity index (χ1n) is 8.35. The second-order valence-corrected chi connectivity index (χ2v) is 6.19. The molecule has 0 spiro atoms. The lowest BCUT2D eigenvalue weighted by Crippen LogP contribution is -2.46. The molecule has 4 N–H and O–H groups in total. The summed E-state index contributed by atoms with van der Waals surface area (Å²) >= 11 is 0. The lowest BCUT2D eigenvalue weighted by Gasteiger charge is -2.27. The number of piperazine rings is 1. The van der Waals surface area contributed by atoms with Gasteiger partial charge in [-0.15, -0.1) is 0 Å². The van der Waals surface area contributed by atoms with Crippen molar-refractivity contribution in [2.45, 2.75) is 25.7 Å². The van der Waals surface area contributed by atoms with Gasteiger partial charge in [0, 0.05) is 50.5 Å². The van der Waals surface area contributed by atoms with Crippen LogP contribution in [0.3, 0.4) is 0 Å². The standard InChI is InChI=1S/C16H24N4O3/c21-14-11-3-1-2-4-12(11)19-16(23)13(14)15(22)18-7-10-20-8-5-17-6-9-20/h17H,1-10H2,(H,18,22)(H2,19,21,23). The van der Waals surface area contributed by atoms with E-state index in [0.717, 1.165) is 63.2 Å². The third-order valence-corrected chi connectivity index (χ3v) is 4.63. The molecule has 0 bridgehead atoms. The highest BCUT2D eigenvalue weighted by Gasteiger charge is 2.23. The van der Waals surface area contributed by atoms with Gasteiger partial charge < -0.3 is 20.7 Å². The number of nitrogens with zero attached hydrogens (tertiary/aromatic N) is 1. The molecular weight excluding hydrogens is 296 g/mol. The summed E-state index contributed by atoms with van der Waals surface area (Å²) in [6, 6.07) is 0. The van der Waals surface area contributed by atoms with Crippen LogP contribution >= 0.6 is 0 Å². The molecule has 7 heteroatoms. The summed E-state index contributed by atoms with van der Waals surface area (Å²) in [5, 5.41) is 16.4. The van der Waals surface area contributed by atoms with Gasteiger partial charge in [0.25, 0.3) is 11.5 Å². The highest BCUT2D eigenvalue weighted by molar-refractivity contribution is 5.96. The summed E-state index contributed by atoms with van der Waals surface area (Å²) in [6.45, 7) is 5.05. The van der Waals surface area contributed by atoms with E-state index in [4.69, 9.17) is 0 Å². The molecule has 0 saturated carbocycles. The summed E-state index contributed by atoms with van der Waals surface area (Å²) in [7, 11) is 0. The quantitative estimate of drug-likeness (QED) is 0.605. The summed E-state index contributed by atoms with van der Waals surface area (Å²) in [5.74, 6) is -0.629. The molecule has 0 radical (unpaired) electrons. The molecule has 0 atom stereocenters. The number of H-pyrrole nitrogens is 1. The number of amides is 1. The van der Waals surface area contributed by atoms with E-state index in [1.807, 2.05) is 0 Å². The van der Waals surface area contributed by atoms with Crippen molar-refractivity contribution in [3.05, 3.63) is 27.2 Å². The van der Waals surface area contributed by atoms with E-state index >= 15 is 0 Å². The molecule has 2 heterocycles. The minimum Gasteiger partial charge on any atom is -0.507 e. The number of aromatic amines is 1. The van der Waals surface area contributed by atoms with Crippen LogP contribution in [0.2, 0.25) is 0 Å². The Morgan fingerprint density at radius 1 is 1.22 bits per heavy atom. The van der Waals surface area contributed by atoms with E-state index in [0.29, 0.717) is 13.0 Å². The first-order valence-corrected chi connectivity index (χ1v) is 8.35. The average molecular weight is 320 g/mol. The summed E-state index contributed by atoms with van der Waals surface area (Å²) < 4.78 is 0. The van der Waals surface area contributed by atoms with Crippen molar-refractivity contribution in [2.24, 2.45) is 0 Å². The Balaban J connectivity index is 1.66. The van der Waals surface area contributed by atoms with Crippen molar-refractivity contribution < 1.29 is 9.90 Å². The van der Waals surface area contributed by atoms with E-state index in [9.17, 15) is 14.7 Å². The first kappa shape index (κ1) is 16.0. The third-order valence-electron chi connectivity index (χ3n) is 4.63. The first-order chi connectivity index (χ1) is 11.2. The molecule has 1 saturated heterocycles. The number of aromatic hydroxyl groups is 1. The maximum absolute atomic E-state index is 12.3. The predicted molar refractivity (Wildman–Crippen MR) is 87.0 cm³/mol. The maximum atomic E-state index is 12.3. The minimum atomic E-state index is -0.497. The summed E-state index contributed by atoms with van der Waals surface area (Å²) in [4.78, 5) is 29.4. The van der Waals surface area contributed by atoms with Crippen molar-refractivity contribution in [1.29, 1.82) is 0 Å². The zero-order chi connectivity index (χ0) is 16.2. The number of hydrogen-bond donors (Lipinski definition) is 4. The van der Waals surface area contributed by atoms with E-state index in [-0.39, 0.29) is 11.3 Å². The van der Waals surface area contributed by atoms with Gasteiger partial charge in [-0.1, -0.05) is 0 Å². The molecule has 2 aliphatic rings. The van der Waals surface area contributed by atoms with Crippen LogP contribution in [-0.4, -0.2) is 60.2 Å². The molecule has 23 heavy (non-hydrogen) atoms. The number of pyridine rings is 1. The van der Waals surface area contributed by atoms with Gasteiger partial charge in [-0.3, -0.25) is 14.5 Å². The van der Waals surface area contributed by atoms with Gasteiger partial charge in [0.05, 0.1) is 0 Å². The molecule has 1 aliphatic carbocycles. The predicted octanol–water partition coefficient (Wildman–Crippen LogP) is -0.406. The summed E-state index contributed by atoms with van der Waals surface area (Å²) in [6.07, 6.45) is 3.43. The van der Waals surface area contributed by atoms with Crippen LogP contribution in [-0.2, 0) is 12.8 Å². The number of fused-ring (bicyclic) bond motifs is 1. The number of nitrogens with one attached hydrogen (secondary N) is 3. The number of rotatable bonds is 4. The maximum Gasteiger partial charge on any atom is 0.264 e. The second kappa shape index (κ2) is 7.14. The Morgan fingerprint density at radius 2 is 1.96 bits per heavy atom. The molecule has 7 nitrogen and oxygen atoms in total. The number of aryl methyl sites for hydroxylation is 1. The Kier molecular flexibility index (Phi) is 4.97. The average Bonchev–Trinajstić information content (AvgIpc) is 2.56. The van der Waals surface area contributed by atoms with Gasteiger partial charge >= 0.3 is 0 Å². The van der Waals surface area contributed by atoms with Crippen LogP contribution in [0.1, 0.15) is 34.5 Å². The normalized spacial score (nSPS) is 18.4. The van der Waals surface area contributed by atoms with Crippen LogP contribution in [0.25, 0.3) is 0 Å². The fourth-order valence-corrected chi connectivity index (χ4v) is 3.32. The van der Waals surface area contributed by atoms with Crippen molar-refractivity contribution in [3.8, 4) is 5.75 Å². The minimum absolute atomic E-state index is 0.136. The van der Waals surface area contributed by atoms with Crippen LogP contribution < -0.4 is 16.2 Å². The van der Waals surface area contributed by atoms with Crippen LogP contribution in [0.4, 0.5) is 0 Å². The van der Waals surface area contributed by atoms with Gasteiger partial charge in [-0.05, 0) is 25.7 Å². The number of carbonyl (C=O) groups is 1. The van der Waals surface area contributed by atoms with E-state index < -0.39 is 11.5 Å². The number of aromatic nitrogens is 1. The van der Waals surface area contributed by atoms with Crippen LogP contribution in [0.15, 0.2) is 4.79 Å². The largest absolute Gasteiger partial charge is 0.507 e. The molecule has 1 aromatic heterocycles. The molecule has 0 unspecified atom stereocenters. The topological polar surface area (TPSA) is 97.5 Å². The van der Waals surface area contributed by atoms with E-state index in [1.165, 1.54) is 0 Å². The third kappa shape index (κ3) is 3.56. The van der Waals surface area contributed by atoms with E-state index in [1.54, 1.807) is 0 Å². The zero-order valence-electron chi connectivity index (χ0n) is 13.3. The van der Waals surface area contributed by atoms with Crippen molar-refractivity contribution in [3.63, 3.8) is 0 Å². The molecule has 1 amide bonds. The molecule has 1 fully saturated rings. The van der Waals surface area contributed by atoms with E-state index in [2.05, 4.69) is 20.5 Å². The molecule has 1 aromatic rings. The molecular formula is C16H24N4O3. The lowest BCUT2D eigenvalue weighted by atomic mass is 9.93. The summed E-state index contributed by atoms with van der Waals surface area (Å²) in [5.41, 5.74) is 0.855. The van der Waals surface area contributed by atoms with Gasteiger partial charge in [-0.25, -0.2) is 0 Å². The highest BCUT2D eigenvalue weighted by Crippen LogP contribution is 2.28. The van der Waals surface area contributed by atoms with Crippen molar-refractivity contribution in [2.75, 3.05) is 39.3 Å². The smallest absolute Gasteiger partial charge is 0.264 e. The highest BCUT2D eigenvalue weighted by atomic mass is 16.3. The Labute approximate surface area is 135 Å². The van der Waals surface area contributed by atoms with Crippen molar-refractivity contribution in [1.82, 2.24) is 20.5 Å². The van der Waals surface area contributed by atoms with Gasteiger partial charge in [0.2, 0.25) is 0 Å². The number of carbonyl (C=O) groups excluding carboxylic acids is 1. The fourth-order valence-electron chi connectivity index (χ4n) is 3.32. The fraction of sp³-hybridized carbons (Fsp3) is 0.625. The molecule has 0 aromatic carbocycles. The lowest BCUT2D eigenvalue weighted by molar-refractivity contribution is 0.0942. The van der Waals surface area contributed by atoms with Gasteiger partial charge in [0.15, 0.2) is 0 Å². The molecule has 3 rings (SSSR count). The Hall–Kier alpha value is -1.86. The molecule has 126 valence electrons. The van der Waals surface area contributed by atoms with Crippen molar-refractivity contribution >= 4 is 5.91 Å². The monoisotopic (exact) mass is 320 g/mol. The second-order valence-electron chi connectivity index (χ2n) is 6.19. The Morgan fingerprint density at radius 3 is 2.74 bits per heavy atom. The zero-order valence-corrected chi connectivity index (χ0v) is 13.3. The van der Waals surface area contributed by atoms with Gasteiger partial charge in [-0.2, -0.15) is 0 Å².